The lowest BCUT2D eigenvalue weighted by Crippen LogP contribution is -2.48. The Kier molecular flexibility index (Phi) is 4.83. The fraction of sp³-hybridized carbons (Fsp3) is 0.421. The summed E-state index contributed by atoms with van der Waals surface area (Å²) in [7, 11) is 1.91. The summed E-state index contributed by atoms with van der Waals surface area (Å²) in [5.41, 5.74) is 1.89. The molecule has 0 unspecified atom stereocenters. The number of amides is 1. The normalized spacial score (nSPS) is 17.0. The van der Waals surface area contributed by atoms with Crippen LogP contribution < -0.4 is 0 Å². The van der Waals surface area contributed by atoms with Crippen LogP contribution in [0.3, 0.4) is 0 Å². The summed E-state index contributed by atoms with van der Waals surface area (Å²) in [5.74, 6) is 0.207. The standard InChI is InChI=1S/C19H23NO2S/c1-15-5-7-16(8-6-15)19(9-11-22-12-10-19)18(21)20(2)14-17-4-3-13-23-17/h3-8,13H,9-12,14H2,1-2H3. The van der Waals surface area contributed by atoms with E-state index in [1.165, 1.54) is 10.4 Å². The Bertz CT molecular complexity index is 643. The number of thiophene rings is 1. The molecule has 0 bridgehead atoms. The monoisotopic (exact) mass is 329 g/mol. The van der Waals surface area contributed by atoms with Crippen molar-refractivity contribution in [2.24, 2.45) is 0 Å². The third-order valence-corrected chi connectivity index (χ3v) is 5.54. The Balaban J connectivity index is 1.88. The van der Waals surface area contributed by atoms with Crippen molar-refractivity contribution in [3.05, 3.63) is 57.8 Å². The van der Waals surface area contributed by atoms with Gasteiger partial charge in [0.1, 0.15) is 0 Å². The summed E-state index contributed by atoms with van der Waals surface area (Å²) >= 11 is 1.69. The molecule has 3 rings (SSSR count). The van der Waals surface area contributed by atoms with Gasteiger partial charge in [0.05, 0.1) is 12.0 Å². The molecule has 1 aliphatic heterocycles. The highest BCUT2D eigenvalue weighted by molar-refractivity contribution is 7.09. The minimum Gasteiger partial charge on any atom is -0.381 e. The van der Waals surface area contributed by atoms with Gasteiger partial charge >= 0.3 is 0 Å². The van der Waals surface area contributed by atoms with Gasteiger partial charge in [0.15, 0.2) is 0 Å². The first-order valence-electron chi connectivity index (χ1n) is 8.05. The summed E-state index contributed by atoms with van der Waals surface area (Å²) in [5, 5.41) is 2.05. The molecule has 0 atom stereocenters. The number of carbonyl (C=O) groups excluding carboxylic acids is 1. The molecule has 1 saturated heterocycles. The first kappa shape index (κ1) is 16.2. The van der Waals surface area contributed by atoms with Crippen LogP contribution in [0.1, 0.15) is 28.8 Å². The quantitative estimate of drug-likeness (QED) is 0.855. The van der Waals surface area contributed by atoms with Crippen molar-refractivity contribution in [2.75, 3.05) is 20.3 Å². The van der Waals surface area contributed by atoms with Crippen LogP contribution in [0.25, 0.3) is 0 Å². The van der Waals surface area contributed by atoms with Crippen molar-refractivity contribution in [3.8, 4) is 0 Å². The maximum absolute atomic E-state index is 13.3. The van der Waals surface area contributed by atoms with Gasteiger partial charge in [-0.15, -0.1) is 11.3 Å². The van der Waals surface area contributed by atoms with Gasteiger partial charge in [-0.1, -0.05) is 35.9 Å². The predicted octanol–water partition coefficient (Wildman–Crippen LogP) is 3.76. The number of hydrogen-bond acceptors (Lipinski definition) is 3. The van der Waals surface area contributed by atoms with E-state index < -0.39 is 5.41 Å². The van der Waals surface area contributed by atoms with Crippen LogP contribution in [0.15, 0.2) is 41.8 Å². The van der Waals surface area contributed by atoms with Crippen LogP contribution in [-0.2, 0) is 21.5 Å². The van der Waals surface area contributed by atoms with Crippen molar-refractivity contribution in [2.45, 2.75) is 31.7 Å². The average Bonchev–Trinajstić information content (AvgIpc) is 3.08. The van der Waals surface area contributed by atoms with E-state index in [1.807, 2.05) is 18.0 Å². The fourth-order valence-electron chi connectivity index (χ4n) is 3.29. The summed E-state index contributed by atoms with van der Waals surface area (Å²) in [4.78, 5) is 16.4. The maximum atomic E-state index is 13.3. The van der Waals surface area contributed by atoms with Crippen molar-refractivity contribution in [3.63, 3.8) is 0 Å². The maximum Gasteiger partial charge on any atom is 0.233 e. The third kappa shape index (κ3) is 3.33. The van der Waals surface area contributed by atoms with Crippen LogP contribution in [0.4, 0.5) is 0 Å². The fourth-order valence-corrected chi connectivity index (χ4v) is 4.05. The third-order valence-electron chi connectivity index (χ3n) is 4.68. The van der Waals surface area contributed by atoms with Gasteiger partial charge in [0, 0.05) is 25.1 Å². The molecule has 122 valence electrons. The molecule has 1 amide bonds. The molecule has 3 nitrogen and oxygen atoms in total. The molecule has 1 aromatic carbocycles. The zero-order valence-corrected chi connectivity index (χ0v) is 14.6. The number of hydrogen-bond donors (Lipinski definition) is 0. The highest BCUT2D eigenvalue weighted by Gasteiger charge is 2.43. The summed E-state index contributed by atoms with van der Waals surface area (Å²) in [6.07, 6.45) is 1.51. The van der Waals surface area contributed by atoms with Gasteiger partial charge in [-0.05, 0) is 36.8 Å². The van der Waals surface area contributed by atoms with Crippen LogP contribution >= 0.6 is 11.3 Å². The summed E-state index contributed by atoms with van der Waals surface area (Å²) < 4.78 is 5.54. The van der Waals surface area contributed by atoms with Gasteiger partial charge in [-0.25, -0.2) is 0 Å². The second-order valence-corrected chi connectivity index (χ2v) is 7.33. The Hall–Kier alpha value is -1.65. The first-order chi connectivity index (χ1) is 11.1. The SMILES string of the molecule is Cc1ccc(C2(C(=O)N(C)Cc3cccs3)CCOCC2)cc1. The Morgan fingerprint density at radius 1 is 1.22 bits per heavy atom. The molecule has 1 aromatic heterocycles. The largest absolute Gasteiger partial charge is 0.381 e. The minimum atomic E-state index is -0.446. The van der Waals surface area contributed by atoms with E-state index in [4.69, 9.17) is 4.74 Å². The number of likely N-dealkylation sites (N-methyl/N-ethyl adjacent to an activating group) is 1. The zero-order valence-electron chi connectivity index (χ0n) is 13.7. The Morgan fingerprint density at radius 3 is 2.52 bits per heavy atom. The topological polar surface area (TPSA) is 29.5 Å². The average molecular weight is 329 g/mol. The zero-order chi connectivity index (χ0) is 16.3. The summed E-state index contributed by atoms with van der Waals surface area (Å²) in [6.45, 7) is 4.04. The van der Waals surface area contributed by atoms with Crippen molar-refractivity contribution < 1.29 is 9.53 Å². The van der Waals surface area contributed by atoms with Crippen molar-refractivity contribution >= 4 is 17.2 Å². The van der Waals surface area contributed by atoms with Crippen molar-refractivity contribution in [1.29, 1.82) is 0 Å². The minimum absolute atomic E-state index is 0.207. The van der Waals surface area contributed by atoms with E-state index in [9.17, 15) is 4.79 Å². The molecule has 2 aromatic rings. The second-order valence-electron chi connectivity index (χ2n) is 6.30. The molecule has 0 aliphatic carbocycles. The van der Waals surface area contributed by atoms with E-state index >= 15 is 0 Å². The number of carbonyl (C=O) groups is 1. The lowest BCUT2D eigenvalue weighted by molar-refractivity contribution is -0.140. The van der Waals surface area contributed by atoms with Crippen LogP contribution in [-0.4, -0.2) is 31.1 Å². The predicted molar refractivity (Wildman–Crippen MR) is 93.7 cm³/mol. The Morgan fingerprint density at radius 2 is 1.91 bits per heavy atom. The Labute approximate surface area is 141 Å². The molecule has 0 spiro atoms. The molecule has 0 radical (unpaired) electrons. The van der Waals surface area contributed by atoms with Gasteiger partial charge in [-0.2, -0.15) is 0 Å². The highest BCUT2D eigenvalue weighted by atomic mass is 32.1. The molecule has 0 N–H and O–H groups in total. The number of nitrogens with zero attached hydrogens (tertiary/aromatic N) is 1. The van der Waals surface area contributed by atoms with Crippen LogP contribution in [0.5, 0.6) is 0 Å². The number of aryl methyl sites for hydroxylation is 1. The van der Waals surface area contributed by atoms with Crippen molar-refractivity contribution in [1.82, 2.24) is 4.90 Å². The lowest BCUT2D eigenvalue weighted by atomic mass is 9.73. The van der Waals surface area contributed by atoms with Gasteiger partial charge < -0.3 is 9.64 Å². The smallest absolute Gasteiger partial charge is 0.233 e. The van der Waals surface area contributed by atoms with E-state index in [1.54, 1.807) is 11.3 Å². The molecule has 4 heteroatoms. The van der Waals surface area contributed by atoms with Crippen LogP contribution in [0.2, 0.25) is 0 Å². The molecule has 2 heterocycles. The van der Waals surface area contributed by atoms with Gasteiger partial charge in [0.25, 0.3) is 0 Å². The number of rotatable bonds is 4. The lowest BCUT2D eigenvalue weighted by Gasteiger charge is -2.39. The van der Waals surface area contributed by atoms with Gasteiger partial charge in [0.2, 0.25) is 5.91 Å². The van der Waals surface area contributed by atoms with E-state index in [0.29, 0.717) is 19.8 Å². The van der Waals surface area contributed by atoms with E-state index in [2.05, 4.69) is 42.6 Å². The van der Waals surface area contributed by atoms with E-state index in [0.717, 1.165) is 18.4 Å². The highest BCUT2D eigenvalue weighted by Crippen LogP contribution is 2.37. The molecule has 1 fully saturated rings. The molecular formula is C19H23NO2S. The first-order valence-corrected chi connectivity index (χ1v) is 8.93. The second kappa shape index (κ2) is 6.85. The molecule has 1 aliphatic rings. The van der Waals surface area contributed by atoms with Crippen LogP contribution in [0, 0.1) is 6.92 Å². The molecular weight excluding hydrogens is 306 g/mol. The number of benzene rings is 1. The van der Waals surface area contributed by atoms with E-state index in [-0.39, 0.29) is 5.91 Å². The summed E-state index contributed by atoms with van der Waals surface area (Å²) in [6, 6.07) is 12.5. The van der Waals surface area contributed by atoms with Gasteiger partial charge in [-0.3, -0.25) is 4.79 Å². The number of ether oxygens (including phenoxy) is 1. The molecule has 23 heavy (non-hydrogen) atoms. The molecule has 0 saturated carbocycles.